The topological polar surface area (TPSA) is 96.0 Å². The molecule has 0 aromatic heterocycles. The van der Waals surface area contributed by atoms with Crippen LogP contribution < -0.4 is 14.4 Å². The lowest BCUT2D eigenvalue weighted by atomic mass is 10.1. The Bertz CT molecular complexity index is 1090. The molecule has 0 spiro atoms. The van der Waals surface area contributed by atoms with Crippen molar-refractivity contribution in [3.8, 4) is 5.75 Å². The fourth-order valence-electron chi connectivity index (χ4n) is 3.33. The van der Waals surface area contributed by atoms with Crippen LogP contribution in [0, 0.1) is 0 Å². The van der Waals surface area contributed by atoms with E-state index >= 15 is 0 Å². The number of nitrogens with zero attached hydrogens (tertiary/aromatic N) is 2. The van der Waals surface area contributed by atoms with E-state index in [0.717, 1.165) is 29.0 Å². The summed E-state index contributed by atoms with van der Waals surface area (Å²) >= 11 is 6.23. The molecule has 0 aliphatic rings. The first-order valence-electron chi connectivity index (χ1n) is 11.0. The largest absolute Gasteiger partial charge is 0.497 e. The van der Waals surface area contributed by atoms with E-state index in [0.29, 0.717) is 12.3 Å². The van der Waals surface area contributed by atoms with Gasteiger partial charge in [-0.05, 0) is 43.2 Å². The molecule has 2 aromatic rings. The summed E-state index contributed by atoms with van der Waals surface area (Å²) in [5, 5.41) is 3.04. The van der Waals surface area contributed by atoms with Crippen LogP contribution in [-0.4, -0.2) is 57.6 Å². The number of anilines is 1. The number of methoxy groups -OCH3 is 1. The number of carbonyl (C=O) groups excluding carboxylic acids is 2. The molecule has 0 aliphatic carbocycles. The van der Waals surface area contributed by atoms with Gasteiger partial charge in [-0.15, -0.1) is 0 Å². The highest BCUT2D eigenvalue weighted by atomic mass is 35.5. The Labute approximate surface area is 206 Å². The Morgan fingerprint density at radius 1 is 1.15 bits per heavy atom. The second-order valence-corrected chi connectivity index (χ2v) is 10.2. The summed E-state index contributed by atoms with van der Waals surface area (Å²) in [7, 11) is -2.29. The number of hydrogen-bond acceptors (Lipinski definition) is 5. The maximum atomic E-state index is 13.5. The van der Waals surface area contributed by atoms with Crippen molar-refractivity contribution in [2.24, 2.45) is 0 Å². The molecule has 0 fully saturated rings. The SMILES string of the molecule is CCCCNC(=O)[C@H](C)N(Cc1cccc(OC)c1)C(=O)CN(c1ccccc1Cl)S(C)(=O)=O. The molecule has 0 bridgehead atoms. The van der Waals surface area contributed by atoms with Gasteiger partial charge in [0, 0.05) is 13.1 Å². The number of hydrogen-bond donors (Lipinski definition) is 1. The van der Waals surface area contributed by atoms with Gasteiger partial charge in [-0.25, -0.2) is 8.42 Å². The van der Waals surface area contributed by atoms with E-state index in [1.165, 1.54) is 11.0 Å². The standard InChI is InChI=1S/C24H32ClN3O5S/c1-5-6-14-26-24(30)18(2)27(16-19-10-9-11-20(15-19)33-3)23(29)17-28(34(4,31)32)22-13-8-7-12-21(22)25/h7-13,15,18H,5-6,14,16-17H2,1-4H3,(H,26,30)/t18-/m0/s1. The quantitative estimate of drug-likeness (QED) is 0.442. The van der Waals surface area contributed by atoms with Gasteiger partial charge < -0.3 is 15.0 Å². The van der Waals surface area contributed by atoms with E-state index in [1.807, 2.05) is 13.0 Å². The minimum absolute atomic E-state index is 0.0958. The van der Waals surface area contributed by atoms with Gasteiger partial charge in [-0.3, -0.25) is 13.9 Å². The number of unbranched alkanes of at least 4 members (excludes halogenated alkanes) is 1. The van der Waals surface area contributed by atoms with Crippen LogP contribution in [0.1, 0.15) is 32.3 Å². The summed E-state index contributed by atoms with van der Waals surface area (Å²) in [5.41, 5.74) is 0.936. The van der Waals surface area contributed by atoms with Crippen molar-refractivity contribution in [3.63, 3.8) is 0 Å². The second kappa shape index (κ2) is 12.6. The Balaban J connectivity index is 2.37. The lowest BCUT2D eigenvalue weighted by Gasteiger charge is -2.31. The molecular weight excluding hydrogens is 478 g/mol. The van der Waals surface area contributed by atoms with Gasteiger partial charge in [0.1, 0.15) is 18.3 Å². The van der Waals surface area contributed by atoms with E-state index in [1.54, 1.807) is 50.4 Å². The molecule has 0 saturated carbocycles. The van der Waals surface area contributed by atoms with Crippen molar-refractivity contribution in [1.29, 1.82) is 0 Å². The van der Waals surface area contributed by atoms with Crippen LogP contribution in [-0.2, 0) is 26.2 Å². The molecule has 0 saturated heterocycles. The maximum Gasteiger partial charge on any atom is 0.244 e. The van der Waals surface area contributed by atoms with Gasteiger partial charge in [0.05, 0.1) is 24.1 Å². The Morgan fingerprint density at radius 2 is 1.85 bits per heavy atom. The molecule has 10 heteroatoms. The minimum Gasteiger partial charge on any atom is -0.497 e. The molecule has 2 rings (SSSR count). The van der Waals surface area contributed by atoms with E-state index in [2.05, 4.69) is 5.32 Å². The van der Waals surface area contributed by atoms with Crippen LogP contribution in [0.5, 0.6) is 5.75 Å². The molecule has 2 amide bonds. The smallest absolute Gasteiger partial charge is 0.244 e. The predicted molar refractivity (Wildman–Crippen MR) is 135 cm³/mol. The van der Waals surface area contributed by atoms with Crippen molar-refractivity contribution in [2.75, 3.05) is 30.8 Å². The summed E-state index contributed by atoms with van der Waals surface area (Å²) in [6.07, 6.45) is 2.75. The van der Waals surface area contributed by atoms with Crippen molar-refractivity contribution < 1.29 is 22.7 Å². The number of amides is 2. The average molecular weight is 510 g/mol. The van der Waals surface area contributed by atoms with Crippen molar-refractivity contribution >= 4 is 39.1 Å². The molecule has 2 aromatic carbocycles. The lowest BCUT2D eigenvalue weighted by Crippen LogP contribution is -2.51. The monoisotopic (exact) mass is 509 g/mol. The van der Waals surface area contributed by atoms with Gasteiger partial charge in [-0.2, -0.15) is 0 Å². The number of halogens is 1. The highest BCUT2D eigenvalue weighted by Crippen LogP contribution is 2.27. The Hall–Kier alpha value is -2.78. The molecule has 8 nitrogen and oxygen atoms in total. The first-order valence-corrected chi connectivity index (χ1v) is 13.2. The van der Waals surface area contributed by atoms with E-state index in [-0.39, 0.29) is 23.2 Å². The summed E-state index contributed by atoms with van der Waals surface area (Å²) in [6.45, 7) is 3.73. The Morgan fingerprint density at radius 3 is 2.47 bits per heavy atom. The molecule has 186 valence electrons. The zero-order chi connectivity index (χ0) is 25.3. The number of rotatable bonds is 12. The van der Waals surface area contributed by atoms with Gasteiger partial charge in [0.2, 0.25) is 21.8 Å². The van der Waals surface area contributed by atoms with Gasteiger partial charge in [0.25, 0.3) is 0 Å². The second-order valence-electron chi connectivity index (χ2n) is 7.91. The number of sulfonamides is 1. The van der Waals surface area contributed by atoms with Gasteiger partial charge >= 0.3 is 0 Å². The number of nitrogens with one attached hydrogen (secondary N) is 1. The summed E-state index contributed by atoms with van der Waals surface area (Å²) in [6, 6.07) is 12.7. The fourth-order valence-corrected chi connectivity index (χ4v) is 4.48. The third-order valence-electron chi connectivity index (χ3n) is 5.28. The zero-order valence-electron chi connectivity index (χ0n) is 20.0. The summed E-state index contributed by atoms with van der Waals surface area (Å²) in [5.74, 6) is -0.238. The molecule has 34 heavy (non-hydrogen) atoms. The molecule has 1 N–H and O–H groups in total. The maximum absolute atomic E-state index is 13.5. The lowest BCUT2D eigenvalue weighted by molar-refractivity contribution is -0.139. The summed E-state index contributed by atoms with van der Waals surface area (Å²) in [4.78, 5) is 27.7. The third-order valence-corrected chi connectivity index (χ3v) is 6.73. The number of benzene rings is 2. The van der Waals surface area contributed by atoms with Gasteiger partial charge in [0.15, 0.2) is 0 Å². The van der Waals surface area contributed by atoms with Crippen LogP contribution >= 0.6 is 11.6 Å². The zero-order valence-corrected chi connectivity index (χ0v) is 21.5. The number of carbonyl (C=O) groups is 2. The Kier molecular flexibility index (Phi) is 10.2. The van der Waals surface area contributed by atoms with E-state index in [4.69, 9.17) is 16.3 Å². The first-order chi connectivity index (χ1) is 16.1. The van der Waals surface area contributed by atoms with Gasteiger partial charge in [-0.1, -0.05) is 49.2 Å². The van der Waals surface area contributed by atoms with Crippen molar-refractivity contribution in [3.05, 3.63) is 59.1 Å². The van der Waals surface area contributed by atoms with Crippen LogP contribution in [0.25, 0.3) is 0 Å². The predicted octanol–water partition coefficient (Wildman–Crippen LogP) is 3.45. The molecule has 0 heterocycles. The third kappa shape index (κ3) is 7.63. The molecular formula is C24H32ClN3O5S. The molecule has 0 unspecified atom stereocenters. The van der Waals surface area contributed by atoms with E-state index in [9.17, 15) is 18.0 Å². The van der Waals surface area contributed by atoms with Crippen molar-refractivity contribution in [2.45, 2.75) is 39.3 Å². The van der Waals surface area contributed by atoms with Crippen LogP contribution in [0.15, 0.2) is 48.5 Å². The number of ether oxygens (including phenoxy) is 1. The molecule has 1 atom stereocenters. The highest BCUT2D eigenvalue weighted by Gasteiger charge is 2.30. The molecule has 0 aliphatic heterocycles. The average Bonchev–Trinajstić information content (AvgIpc) is 2.80. The highest BCUT2D eigenvalue weighted by molar-refractivity contribution is 7.92. The molecule has 0 radical (unpaired) electrons. The van der Waals surface area contributed by atoms with E-state index < -0.39 is 28.5 Å². The first kappa shape index (κ1) is 27.5. The normalized spacial score (nSPS) is 12.0. The number of para-hydroxylation sites is 1. The van der Waals surface area contributed by atoms with Crippen molar-refractivity contribution in [1.82, 2.24) is 10.2 Å². The minimum atomic E-state index is -3.84. The van der Waals surface area contributed by atoms with Crippen LogP contribution in [0.3, 0.4) is 0 Å². The van der Waals surface area contributed by atoms with Crippen LogP contribution in [0.2, 0.25) is 5.02 Å². The fraction of sp³-hybridized carbons (Fsp3) is 0.417. The van der Waals surface area contributed by atoms with Crippen LogP contribution in [0.4, 0.5) is 5.69 Å². The summed E-state index contributed by atoms with van der Waals surface area (Å²) < 4.78 is 31.3.